The summed E-state index contributed by atoms with van der Waals surface area (Å²) in [4.78, 5) is 25.9. The molecular weight excluding hydrogens is 308 g/mol. The van der Waals surface area contributed by atoms with Crippen molar-refractivity contribution in [1.29, 1.82) is 0 Å². The first-order valence-corrected chi connectivity index (χ1v) is 10.9. The summed E-state index contributed by atoms with van der Waals surface area (Å²) in [5.74, 6) is 3.65. The van der Waals surface area contributed by atoms with Crippen LogP contribution in [0.3, 0.4) is 0 Å². The van der Waals surface area contributed by atoms with E-state index < -0.39 is 0 Å². The number of rotatable bonds is 2. The lowest BCUT2D eigenvalue weighted by molar-refractivity contribution is -0.169. The zero-order valence-electron chi connectivity index (χ0n) is 16.6. The third-order valence-corrected chi connectivity index (χ3v) is 9.66. The predicted octanol–water partition coefficient (Wildman–Crippen LogP) is 5.44. The molecule has 0 aromatic rings. The highest BCUT2D eigenvalue weighted by molar-refractivity contribution is 5.88. The van der Waals surface area contributed by atoms with E-state index in [4.69, 9.17) is 0 Å². The highest BCUT2D eigenvalue weighted by Crippen LogP contribution is 2.67. The minimum Gasteiger partial charge on any atom is -0.300 e. The van der Waals surface area contributed by atoms with Gasteiger partial charge in [-0.25, -0.2) is 0 Å². The largest absolute Gasteiger partial charge is 0.300 e. The molecule has 0 aliphatic heterocycles. The van der Waals surface area contributed by atoms with Gasteiger partial charge in [0.15, 0.2) is 0 Å². The standard InChI is InChI=1S/C23H36O2/c1-5-14-7-8-17-20-18(10-12-22(14,17)3)23(4)11-9-15(24)13-19(23)16(6-2)21(20)25/h14,16-20H,5-13H2,1-4H3/t14-,16+,17?,18?,19-,20?,22+,23+/m0/s1. The number of hydrogen-bond donors (Lipinski definition) is 0. The summed E-state index contributed by atoms with van der Waals surface area (Å²) in [7, 11) is 0. The fraction of sp³-hybridized carbons (Fsp3) is 0.913. The zero-order valence-corrected chi connectivity index (χ0v) is 16.6. The van der Waals surface area contributed by atoms with Crippen molar-refractivity contribution in [1.82, 2.24) is 0 Å². The first kappa shape index (κ1) is 17.7. The lowest BCUT2D eigenvalue weighted by Crippen LogP contribution is -2.60. The molecule has 0 amide bonds. The molecule has 8 atom stereocenters. The third-order valence-electron chi connectivity index (χ3n) is 9.66. The second-order valence-electron chi connectivity index (χ2n) is 10.2. The molecule has 0 aromatic heterocycles. The van der Waals surface area contributed by atoms with Crippen LogP contribution in [0.5, 0.6) is 0 Å². The number of carbonyl (C=O) groups excluding carboxylic acids is 2. The van der Waals surface area contributed by atoms with Gasteiger partial charge in [0.2, 0.25) is 0 Å². The molecule has 0 spiro atoms. The second-order valence-corrected chi connectivity index (χ2v) is 10.2. The summed E-state index contributed by atoms with van der Waals surface area (Å²) >= 11 is 0. The van der Waals surface area contributed by atoms with Crippen LogP contribution in [0.15, 0.2) is 0 Å². The van der Waals surface area contributed by atoms with E-state index in [0.717, 1.165) is 25.2 Å². The van der Waals surface area contributed by atoms with Crippen molar-refractivity contribution in [3.05, 3.63) is 0 Å². The maximum atomic E-state index is 13.7. The van der Waals surface area contributed by atoms with Crippen LogP contribution in [0.4, 0.5) is 0 Å². The molecule has 0 N–H and O–H groups in total. The Balaban J connectivity index is 1.74. The van der Waals surface area contributed by atoms with Crippen molar-refractivity contribution in [2.45, 2.75) is 85.5 Å². The summed E-state index contributed by atoms with van der Waals surface area (Å²) in [6.07, 6.45) is 9.75. The van der Waals surface area contributed by atoms with Crippen LogP contribution < -0.4 is 0 Å². The Morgan fingerprint density at radius 1 is 0.880 bits per heavy atom. The molecule has 2 nitrogen and oxygen atoms in total. The summed E-state index contributed by atoms with van der Waals surface area (Å²) in [5, 5.41) is 0. The lowest BCUT2D eigenvalue weighted by Gasteiger charge is -2.61. The van der Waals surface area contributed by atoms with Crippen LogP contribution in [0.2, 0.25) is 0 Å². The van der Waals surface area contributed by atoms with Crippen molar-refractivity contribution >= 4 is 11.6 Å². The van der Waals surface area contributed by atoms with Gasteiger partial charge < -0.3 is 0 Å². The van der Waals surface area contributed by atoms with E-state index in [1.165, 1.54) is 32.1 Å². The number of carbonyl (C=O) groups is 2. The average Bonchev–Trinajstić information content (AvgIpc) is 2.93. The highest BCUT2D eigenvalue weighted by Gasteiger charge is 2.64. The van der Waals surface area contributed by atoms with E-state index in [1.54, 1.807) is 0 Å². The molecule has 3 unspecified atom stereocenters. The fourth-order valence-corrected chi connectivity index (χ4v) is 8.22. The van der Waals surface area contributed by atoms with E-state index in [-0.39, 0.29) is 17.3 Å². The Labute approximate surface area is 153 Å². The first-order valence-electron chi connectivity index (χ1n) is 10.9. The molecule has 4 aliphatic carbocycles. The topological polar surface area (TPSA) is 34.1 Å². The van der Waals surface area contributed by atoms with Crippen LogP contribution >= 0.6 is 0 Å². The summed E-state index contributed by atoms with van der Waals surface area (Å²) in [5.41, 5.74) is 0.607. The Kier molecular flexibility index (Phi) is 4.20. The maximum absolute atomic E-state index is 13.7. The molecule has 0 heterocycles. The van der Waals surface area contributed by atoms with Crippen LogP contribution in [0.1, 0.15) is 85.5 Å². The van der Waals surface area contributed by atoms with Gasteiger partial charge in [0.25, 0.3) is 0 Å². The molecule has 4 fully saturated rings. The number of ketones is 2. The summed E-state index contributed by atoms with van der Waals surface area (Å²) < 4.78 is 0. The minimum atomic E-state index is 0.138. The van der Waals surface area contributed by atoms with Crippen molar-refractivity contribution in [2.24, 2.45) is 46.3 Å². The fourth-order valence-electron chi connectivity index (χ4n) is 8.22. The molecule has 0 saturated heterocycles. The predicted molar refractivity (Wildman–Crippen MR) is 100 cm³/mol. The van der Waals surface area contributed by atoms with E-state index in [1.807, 2.05) is 0 Å². The van der Waals surface area contributed by atoms with Crippen LogP contribution in [-0.4, -0.2) is 11.6 Å². The van der Waals surface area contributed by atoms with E-state index in [9.17, 15) is 9.59 Å². The van der Waals surface area contributed by atoms with E-state index in [2.05, 4.69) is 27.7 Å². The molecule has 4 rings (SSSR count). The van der Waals surface area contributed by atoms with Crippen molar-refractivity contribution in [3.63, 3.8) is 0 Å². The Hall–Kier alpha value is -0.660. The van der Waals surface area contributed by atoms with Gasteiger partial charge in [-0.3, -0.25) is 9.59 Å². The van der Waals surface area contributed by atoms with Crippen molar-refractivity contribution in [3.8, 4) is 0 Å². The molecule has 2 heteroatoms. The number of Topliss-reactive ketones (excluding diaryl/α,β-unsaturated/α-hetero) is 2. The second kappa shape index (κ2) is 5.92. The van der Waals surface area contributed by atoms with Gasteiger partial charge in [0.05, 0.1) is 0 Å². The number of hydrogen-bond acceptors (Lipinski definition) is 2. The van der Waals surface area contributed by atoms with Gasteiger partial charge in [-0.2, -0.15) is 0 Å². The normalized spacial score (nSPS) is 52.5. The molecule has 4 saturated carbocycles. The molecule has 25 heavy (non-hydrogen) atoms. The highest BCUT2D eigenvalue weighted by atomic mass is 16.1. The van der Waals surface area contributed by atoms with Gasteiger partial charge in [0, 0.05) is 24.7 Å². The zero-order chi connectivity index (χ0) is 18.0. The average molecular weight is 345 g/mol. The van der Waals surface area contributed by atoms with Crippen molar-refractivity contribution < 1.29 is 9.59 Å². The molecule has 140 valence electrons. The van der Waals surface area contributed by atoms with Gasteiger partial charge in [-0.05, 0) is 73.0 Å². The number of fused-ring (bicyclic) bond motifs is 5. The lowest BCUT2D eigenvalue weighted by atomic mass is 9.42. The molecular formula is C23H36O2. The van der Waals surface area contributed by atoms with Crippen LogP contribution in [0, 0.1) is 46.3 Å². The Morgan fingerprint density at radius 3 is 2.28 bits per heavy atom. The Bertz CT molecular complexity index is 581. The Morgan fingerprint density at radius 2 is 1.60 bits per heavy atom. The van der Waals surface area contributed by atoms with E-state index >= 15 is 0 Å². The SMILES string of the molecule is CC[C@H]1CCC2C3C(=O)[C@H](CC)[C@@H]4CC(=O)CC[C@]4(C)C3CC[C@@]21C. The summed E-state index contributed by atoms with van der Waals surface area (Å²) in [6.45, 7) is 9.47. The monoisotopic (exact) mass is 344 g/mol. The summed E-state index contributed by atoms with van der Waals surface area (Å²) in [6, 6.07) is 0. The van der Waals surface area contributed by atoms with Gasteiger partial charge in [0.1, 0.15) is 11.6 Å². The van der Waals surface area contributed by atoms with Crippen LogP contribution in [-0.2, 0) is 9.59 Å². The van der Waals surface area contributed by atoms with Crippen molar-refractivity contribution in [2.75, 3.05) is 0 Å². The maximum Gasteiger partial charge on any atom is 0.139 e. The van der Waals surface area contributed by atoms with Crippen LogP contribution in [0.25, 0.3) is 0 Å². The molecule has 0 radical (unpaired) electrons. The first-order chi connectivity index (χ1) is 11.9. The minimum absolute atomic E-state index is 0.138. The molecule has 4 aliphatic rings. The quantitative estimate of drug-likeness (QED) is 0.668. The van der Waals surface area contributed by atoms with Gasteiger partial charge in [-0.1, -0.05) is 34.1 Å². The molecule has 0 bridgehead atoms. The molecule has 0 aromatic carbocycles. The third kappa shape index (κ3) is 2.28. The van der Waals surface area contributed by atoms with Gasteiger partial charge >= 0.3 is 0 Å². The van der Waals surface area contributed by atoms with E-state index in [0.29, 0.717) is 41.2 Å². The smallest absolute Gasteiger partial charge is 0.139 e. The van der Waals surface area contributed by atoms with Gasteiger partial charge in [-0.15, -0.1) is 0 Å².